The molecular formula is C53H34O. The molecule has 0 saturated carbocycles. The lowest BCUT2D eigenvalue weighted by molar-refractivity contribution is 0.669. The van der Waals surface area contributed by atoms with E-state index in [0.29, 0.717) is 12.0 Å². The highest BCUT2D eigenvalue weighted by molar-refractivity contribution is 6.19. The minimum absolute atomic E-state index is 0.0439. The Kier molecular flexibility index (Phi) is 4.92. The lowest BCUT2D eigenvalue weighted by atomic mass is 9.83. The van der Waals surface area contributed by atoms with E-state index in [2.05, 4.69) is 60.7 Å². The third kappa shape index (κ3) is 4.86. The van der Waals surface area contributed by atoms with E-state index in [4.69, 9.17) is 14.0 Å². The molecule has 54 heavy (non-hydrogen) atoms. The fraction of sp³-hybridized carbons (Fsp3) is 0.0189. The molecule has 0 aliphatic carbocycles. The third-order valence-electron chi connectivity index (χ3n) is 10.5. The number of benzene rings is 10. The van der Waals surface area contributed by atoms with Gasteiger partial charge in [0.2, 0.25) is 0 Å². The normalized spacial score (nSPS) is 14.6. The highest BCUT2D eigenvalue weighted by Gasteiger charge is 2.20. The van der Waals surface area contributed by atoms with E-state index >= 15 is 0 Å². The van der Waals surface area contributed by atoms with E-state index < -0.39 is 53.9 Å². The molecule has 0 saturated heterocycles. The number of hydrogen-bond donors (Lipinski definition) is 0. The van der Waals surface area contributed by atoms with Crippen molar-refractivity contribution in [2.75, 3.05) is 0 Å². The van der Waals surface area contributed by atoms with Gasteiger partial charge in [-0.15, -0.1) is 0 Å². The standard InChI is InChI=1S/C53H34O/c1-2-13-34(14-3-1)37-26-29-51-49(31-37)50-32-38(27-30-52(50)54-51)41-28-25-36-16-5-7-19-40(36)47(41)33-48-42-20-8-10-22-45(42)53(46-23-11-9-21-43(46)48)44-24-12-17-35-15-4-6-18-39(35)44/h1-32H,33H2/i1D,2D,3D,13D,14D,26D,27D,29D,30D,31D,32D. The summed E-state index contributed by atoms with van der Waals surface area (Å²) in [7, 11) is 0. The predicted molar refractivity (Wildman–Crippen MR) is 229 cm³/mol. The Bertz CT molecular complexity index is 3800. The molecule has 1 aromatic heterocycles. The fourth-order valence-corrected chi connectivity index (χ4v) is 8.11. The van der Waals surface area contributed by atoms with Gasteiger partial charge >= 0.3 is 0 Å². The third-order valence-corrected chi connectivity index (χ3v) is 10.5. The van der Waals surface area contributed by atoms with Crippen LogP contribution in [0.1, 0.15) is 26.2 Å². The van der Waals surface area contributed by atoms with Gasteiger partial charge < -0.3 is 4.42 Å². The minimum atomic E-state index is -0.660. The van der Waals surface area contributed by atoms with Gasteiger partial charge in [-0.3, -0.25) is 0 Å². The van der Waals surface area contributed by atoms with Gasteiger partial charge in [-0.1, -0.05) is 170 Å². The summed E-state index contributed by atoms with van der Waals surface area (Å²) >= 11 is 0. The average Bonchev–Trinajstić information content (AvgIpc) is 3.75. The molecule has 0 amide bonds. The molecule has 0 radical (unpaired) electrons. The number of hydrogen-bond acceptors (Lipinski definition) is 1. The van der Waals surface area contributed by atoms with Crippen LogP contribution in [0.5, 0.6) is 0 Å². The van der Waals surface area contributed by atoms with Crippen molar-refractivity contribution in [1.82, 2.24) is 0 Å². The molecule has 0 atom stereocenters. The number of rotatable bonds is 5. The monoisotopic (exact) mass is 697 g/mol. The van der Waals surface area contributed by atoms with Crippen molar-refractivity contribution >= 4 is 65.0 Å². The van der Waals surface area contributed by atoms with Gasteiger partial charge in [0.05, 0.1) is 15.1 Å². The van der Waals surface area contributed by atoms with Crippen molar-refractivity contribution in [1.29, 1.82) is 0 Å². The molecule has 0 N–H and O–H groups in total. The maximum absolute atomic E-state index is 9.91. The number of fused-ring (bicyclic) bond motifs is 7. The van der Waals surface area contributed by atoms with E-state index in [1.807, 2.05) is 66.7 Å². The highest BCUT2D eigenvalue weighted by atomic mass is 16.3. The summed E-state index contributed by atoms with van der Waals surface area (Å²) in [6.45, 7) is 0. The SMILES string of the molecule is [2H]c1c([2H])c([2H])c(-c2c([2H])c([2H])c3oc4c([2H])c([2H])c(-c5ccc6ccccc6c5Cc5c6ccccc6c(-c6cccc7ccccc67)c6ccccc56)c([2H])c4c3c2[2H])c([2H])c1[2H]. The second-order valence-electron chi connectivity index (χ2n) is 13.5. The zero-order valence-corrected chi connectivity index (χ0v) is 28.7. The Hall–Kier alpha value is -6.96. The van der Waals surface area contributed by atoms with Crippen LogP contribution in [0.2, 0.25) is 0 Å². The Labute approximate surface area is 328 Å². The zero-order valence-electron chi connectivity index (χ0n) is 39.7. The van der Waals surface area contributed by atoms with Gasteiger partial charge in [0.1, 0.15) is 11.2 Å². The van der Waals surface area contributed by atoms with Crippen molar-refractivity contribution in [3.05, 3.63) is 205 Å². The second-order valence-corrected chi connectivity index (χ2v) is 13.5. The van der Waals surface area contributed by atoms with Gasteiger partial charge in [0.25, 0.3) is 0 Å². The average molecular weight is 698 g/mol. The van der Waals surface area contributed by atoms with E-state index in [9.17, 15) is 5.48 Å². The van der Waals surface area contributed by atoms with Crippen LogP contribution in [-0.2, 0) is 6.42 Å². The van der Waals surface area contributed by atoms with Crippen LogP contribution in [0.25, 0.3) is 98.4 Å². The number of furan rings is 1. The molecule has 0 bridgehead atoms. The van der Waals surface area contributed by atoms with Crippen LogP contribution in [0.3, 0.4) is 0 Å². The smallest absolute Gasteiger partial charge is 0.135 e. The van der Waals surface area contributed by atoms with Crippen LogP contribution in [-0.4, -0.2) is 0 Å². The maximum atomic E-state index is 9.91. The molecule has 0 spiro atoms. The van der Waals surface area contributed by atoms with Crippen molar-refractivity contribution in [3.63, 3.8) is 0 Å². The molecule has 11 aromatic rings. The molecule has 1 heteroatoms. The summed E-state index contributed by atoms with van der Waals surface area (Å²) in [6, 6.07) is 37.4. The van der Waals surface area contributed by atoms with Gasteiger partial charge in [0, 0.05) is 10.8 Å². The maximum Gasteiger partial charge on any atom is 0.135 e. The highest BCUT2D eigenvalue weighted by Crippen LogP contribution is 2.44. The first-order valence-electron chi connectivity index (χ1n) is 23.3. The molecule has 11 rings (SSSR count). The predicted octanol–water partition coefficient (Wildman–Crippen LogP) is 14.8. The first kappa shape index (κ1) is 21.5. The van der Waals surface area contributed by atoms with Gasteiger partial charge in [0.15, 0.2) is 0 Å². The summed E-state index contributed by atoms with van der Waals surface area (Å²) in [5, 5.41) is 8.15. The van der Waals surface area contributed by atoms with E-state index in [1.54, 1.807) is 0 Å². The van der Waals surface area contributed by atoms with Crippen LogP contribution in [0.15, 0.2) is 198 Å². The van der Waals surface area contributed by atoms with Crippen LogP contribution in [0.4, 0.5) is 0 Å². The van der Waals surface area contributed by atoms with Crippen LogP contribution < -0.4 is 0 Å². The summed E-state index contributed by atoms with van der Waals surface area (Å²) in [5.41, 5.74) is 3.41. The summed E-state index contributed by atoms with van der Waals surface area (Å²) < 4.78 is 104. The Morgan fingerprint density at radius 2 is 0.926 bits per heavy atom. The molecule has 1 nitrogen and oxygen atoms in total. The summed E-state index contributed by atoms with van der Waals surface area (Å²) in [5.74, 6) is 0. The lowest BCUT2D eigenvalue weighted by Gasteiger charge is -2.20. The van der Waals surface area contributed by atoms with Crippen molar-refractivity contribution in [2.45, 2.75) is 6.42 Å². The zero-order chi connectivity index (χ0) is 45.2. The molecule has 252 valence electrons. The van der Waals surface area contributed by atoms with Crippen LogP contribution in [0, 0.1) is 0 Å². The van der Waals surface area contributed by atoms with Crippen molar-refractivity contribution in [2.24, 2.45) is 0 Å². The van der Waals surface area contributed by atoms with Gasteiger partial charge in [-0.05, 0) is 118 Å². The van der Waals surface area contributed by atoms with E-state index in [-0.39, 0.29) is 51.2 Å². The lowest BCUT2D eigenvalue weighted by Crippen LogP contribution is -1.99. The second kappa shape index (κ2) is 12.3. The molecule has 0 unspecified atom stereocenters. The van der Waals surface area contributed by atoms with Crippen molar-refractivity contribution < 1.29 is 19.5 Å². The van der Waals surface area contributed by atoms with Gasteiger partial charge in [-0.25, -0.2) is 0 Å². The Balaban J connectivity index is 1.21. The molecule has 0 fully saturated rings. The summed E-state index contributed by atoms with van der Waals surface area (Å²) in [6.07, 6.45) is 0.367. The topological polar surface area (TPSA) is 13.1 Å². The molecule has 0 aliphatic heterocycles. The molecular weight excluding hydrogens is 653 g/mol. The fourth-order valence-electron chi connectivity index (χ4n) is 8.11. The molecule has 10 aromatic carbocycles. The van der Waals surface area contributed by atoms with Crippen molar-refractivity contribution in [3.8, 4) is 33.4 Å². The first-order chi connectivity index (χ1) is 31.4. The Morgan fingerprint density at radius 1 is 0.370 bits per heavy atom. The van der Waals surface area contributed by atoms with E-state index in [1.165, 1.54) is 0 Å². The van der Waals surface area contributed by atoms with Gasteiger partial charge in [-0.2, -0.15) is 0 Å². The first-order valence-corrected chi connectivity index (χ1v) is 17.8. The largest absolute Gasteiger partial charge is 0.456 e. The molecule has 0 aliphatic rings. The van der Waals surface area contributed by atoms with E-state index in [0.717, 1.165) is 65.3 Å². The van der Waals surface area contributed by atoms with Crippen LogP contribution >= 0.6 is 0 Å². The Morgan fingerprint density at radius 3 is 1.63 bits per heavy atom. The molecule has 1 heterocycles. The quantitative estimate of drug-likeness (QED) is 0.163. The minimum Gasteiger partial charge on any atom is -0.456 e. The summed E-state index contributed by atoms with van der Waals surface area (Å²) in [4.78, 5) is 0.